The molecule has 0 bridgehead atoms. The number of amides is 6. The number of nitrogens with one attached hydrogen (secondary N) is 4. The zero-order valence-corrected chi connectivity index (χ0v) is 31.7. The first kappa shape index (κ1) is 42.9. The molecule has 0 spiro atoms. The van der Waals surface area contributed by atoms with Crippen molar-refractivity contribution in [1.82, 2.24) is 26.2 Å². The molecule has 294 valence electrons. The Kier molecular flexibility index (Phi) is 17.2. The Morgan fingerprint density at radius 3 is 2.21 bits per heavy atom. The van der Waals surface area contributed by atoms with Gasteiger partial charge >= 0.3 is 6.09 Å². The van der Waals surface area contributed by atoms with Gasteiger partial charge in [0.2, 0.25) is 29.4 Å². The third-order valence-corrected chi connectivity index (χ3v) is 9.52. The average molecular weight is 743 g/mol. The standard InChI is InChI=1S/C38H58N6O9/c1-6-13-28(33(46)36(49)40-19-30(45)42-32(34(39)47)26-16-11-8-12-17-26)41-35(48)29-18-27(52-22-25-14-9-7-10-15-25)20-44(29)37(50)31(24(4)5)43-38(51)53-21-23(2)3/h7,9-10,14-15,23-24,26-29,31-32H,6,8,11-13,16-22H2,1-5H3,(H2,39,47)(H,40,49)(H,41,48)(H,42,45)(H,43,51). The molecule has 1 saturated carbocycles. The molecule has 6 amide bonds. The lowest BCUT2D eigenvalue weighted by Gasteiger charge is -2.31. The number of carbonyl (C=O) groups excluding carboxylic acids is 7. The van der Waals surface area contributed by atoms with Crippen LogP contribution in [0.15, 0.2) is 30.3 Å². The summed E-state index contributed by atoms with van der Waals surface area (Å²) in [6, 6.07) is 5.20. The number of primary amides is 1. The Labute approximate surface area is 312 Å². The predicted octanol–water partition coefficient (Wildman–Crippen LogP) is 2.10. The van der Waals surface area contributed by atoms with Crippen LogP contribution in [0.3, 0.4) is 0 Å². The van der Waals surface area contributed by atoms with Crippen LogP contribution in [-0.4, -0.2) is 96.3 Å². The van der Waals surface area contributed by atoms with Gasteiger partial charge in [-0.15, -0.1) is 0 Å². The molecular weight excluding hydrogens is 684 g/mol. The molecule has 53 heavy (non-hydrogen) atoms. The zero-order valence-electron chi connectivity index (χ0n) is 31.7. The number of ketones is 1. The number of hydrogen-bond donors (Lipinski definition) is 5. The minimum absolute atomic E-state index is 0.0465. The van der Waals surface area contributed by atoms with E-state index in [0.717, 1.165) is 37.7 Å². The summed E-state index contributed by atoms with van der Waals surface area (Å²) < 4.78 is 11.4. The van der Waals surface area contributed by atoms with E-state index in [9.17, 15) is 33.6 Å². The molecule has 0 radical (unpaired) electrons. The first-order valence-corrected chi connectivity index (χ1v) is 18.8. The van der Waals surface area contributed by atoms with Gasteiger partial charge in [0, 0.05) is 13.0 Å². The van der Waals surface area contributed by atoms with Crippen LogP contribution in [-0.2, 0) is 44.8 Å². The molecular formula is C38H58N6O9. The lowest BCUT2D eigenvalue weighted by molar-refractivity contribution is -0.143. The fourth-order valence-electron chi connectivity index (χ4n) is 6.65. The van der Waals surface area contributed by atoms with E-state index >= 15 is 0 Å². The molecule has 1 saturated heterocycles. The van der Waals surface area contributed by atoms with Crippen molar-refractivity contribution in [3.8, 4) is 0 Å². The van der Waals surface area contributed by atoms with E-state index in [-0.39, 0.29) is 50.4 Å². The summed E-state index contributed by atoms with van der Waals surface area (Å²) in [4.78, 5) is 93.0. The van der Waals surface area contributed by atoms with Gasteiger partial charge in [0.15, 0.2) is 0 Å². The van der Waals surface area contributed by atoms with Crippen LogP contribution in [0, 0.1) is 17.8 Å². The molecule has 5 unspecified atom stereocenters. The van der Waals surface area contributed by atoms with Crippen LogP contribution in [0.1, 0.15) is 91.5 Å². The number of hydrogen-bond acceptors (Lipinski definition) is 9. The zero-order chi connectivity index (χ0) is 39.1. The largest absolute Gasteiger partial charge is 0.449 e. The monoisotopic (exact) mass is 742 g/mol. The summed E-state index contributed by atoms with van der Waals surface area (Å²) in [6.07, 6.45) is 3.75. The van der Waals surface area contributed by atoms with E-state index in [0.29, 0.717) is 6.42 Å². The lowest BCUT2D eigenvalue weighted by atomic mass is 9.83. The Balaban J connectivity index is 1.71. The van der Waals surface area contributed by atoms with Crippen molar-refractivity contribution >= 4 is 41.4 Å². The molecule has 5 atom stereocenters. The molecule has 15 nitrogen and oxygen atoms in total. The number of likely N-dealkylation sites (tertiary alicyclic amines) is 1. The van der Waals surface area contributed by atoms with Gasteiger partial charge in [-0.1, -0.05) is 90.6 Å². The molecule has 3 rings (SSSR count). The quantitative estimate of drug-likeness (QED) is 0.131. The van der Waals surface area contributed by atoms with Gasteiger partial charge in [0.05, 0.1) is 31.9 Å². The minimum Gasteiger partial charge on any atom is -0.449 e. The van der Waals surface area contributed by atoms with Crippen molar-refractivity contribution in [1.29, 1.82) is 0 Å². The first-order chi connectivity index (χ1) is 25.2. The molecule has 15 heteroatoms. The summed E-state index contributed by atoms with van der Waals surface area (Å²) in [5.41, 5.74) is 6.46. The number of nitrogens with two attached hydrogens (primary N) is 1. The van der Waals surface area contributed by atoms with E-state index in [1.54, 1.807) is 20.8 Å². The summed E-state index contributed by atoms with van der Waals surface area (Å²) >= 11 is 0. The second-order valence-corrected chi connectivity index (χ2v) is 14.8. The minimum atomic E-state index is -1.25. The molecule has 1 heterocycles. The first-order valence-electron chi connectivity index (χ1n) is 18.8. The van der Waals surface area contributed by atoms with Crippen LogP contribution in [0.4, 0.5) is 4.79 Å². The van der Waals surface area contributed by atoms with Gasteiger partial charge in [-0.3, -0.25) is 28.8 Å². The number of ether oxygens (including phenoxy) is 2. The third kappa shape index (κ3) is 13.4. The van der Waals surface area contributed by atoms with Gasteiger partial charge in [-0.25, -0.2) is 4.79 Å². The number of benzene rings is 1. The smallest absolute Gasteiger partial charge is 0.407 e. The number of Topliss-reactive ketones (excluding diaryl/α,β-unsaturated/α-hetero) is 1. The third-order valence-electron chi connectivity index (χ3n) is 9.52. The summed E-state index contributed by atoms with van der Waals surface area (Å²) in [5, 5.41) is 10.2. The van der Waals surface area contributed by atoms with Crippen molar-refractivity contribution in [3.05, 3.63) is 35.9 Å². The van der Waals surface area contributed by atoms with Gasteiger partial charge in [-0.05, 0) is 42.6 Å². The van der Waals surface area contributed by atoms with Crippen molar-refractivity contribution in [2.24, 2.45) is 23.5 Å². The van der Waals surface area contributed by atoms with Crippen molar-refractivity contribution in [2.75, 3.05) is 19.7 Å². The van der Waals surface area contributed by atoms with Crippen LogP contribution in [0.5, 0.6) is 0 Å². The maximum absolute atomic E-state index is 14.0. The van der Waals surface area contributed by atoms with Crippen molar-refractivity contribution < 1.29 is 43.0 Å². The van der Waals surface area contributed by atoms with E-state index in [4.69, 9.17) is 15.2 Å². The molecule has 0 aromatic heterocycles. The summed E-state index contributed by atoms with van der Waals surface area (Å²) in [5.74, 6) is -4.93. The second-order valence-electron chi connectivity index (χ2n) is 14.8. The number of carbonyl (C=O) groups is 7. The maximum atomic E-state index is 14.0. The Morgan fingerprint density at radius 1 is 0.925 bits per heavy atom. The second kappa shape index (κ2) is 21.2. The van der Waals surface area contributed by atoms with Gasteiger partial charge in [0.25, 0.3) is 5.91 Å². The van der Waals surface area contributed by atoms with Crippen LogP contribution >= 0.6 is 0 Å². The molecule has 1 aliphatic heterocycles. The molecule has 1 aromatic rings. The maximum Gasteiger partial charge on any atom is 0.407 e. The summed E-state index contributed by atoms with van der Waals surface area (Å²) in [6.45, 7) is 8.96. The highest BCUT2D eigenvalue weighted by Crippen LogP contribution is 2.27. The predicted molar refractivity (Wildman–Crippen MR) is 196 cm³/mol. The number of nitrogens with zero attached hydrogens (tertiary/aromatic N) is 1. The number of alkyl carbamates (subject to hydrolysis) is 1. The highest BCUT2D eigenvalue weighted by Gasteiger charge is 2.44. The topological polar surface area (TPSA) is 215 Å². The van der Waals surface area contributed by atoms with Gasteiger partial charge < -0.3 is 41.4 Å². The lowest BCUT2D eigenvalue weighted by Crippen LogP contribution is -2.57. The average Bonchev–Trinajstić information content (AvgIpc) is 3.57. The fourth-order valence-corrected chi connectivity index (χ4v) is 6.65. The van der Waals surface area contributed by atoms with E-state index in [1.165, 1.54) is 4.90 Å². The summed E-state index contributed by atoms with van der Waals surface area (Å²) in [7, 11) is 0. The normalized spacial score (nSPS) is 19.2. The highest BCUT2D eigenvalue weighted by atomic mass is 16.5. The number of rotatable bonds is 19. The van der Waals surface area contributed by atoms with Crippen molar-refractivity contribution in [2.45, 2.75) is 123 Å². The molecule has 1 aromatic carbocycles. The van der Waals surface area contributed by atoms with Gasteiger partial charge in [0.1, 0.15) is 18.1 Å². The van der Waals surface area contributed by atoms with E-state index in [2.05, 4.69) is 21.3 Å². The van der Waals surface area contributed by atoms with Crippen LogP contribution in [0.2, 0.25) is 0 Å². The molecule has 1 aliphatic carbocycles. The molecule has 2 aliphatic rings. The van der Waals surface area contributed by atoms with E-state index in [1.807, 2.05) is 44.2 Å². The van der Waals surface area contributed by atoms with Gasteiger partial charge in [-0.2, -0.15) is 0 Å². The fraction of sp³-hybridized carbons (Fsp3) is 0.658. The van der Waals surface area contributed by atoms with E-state index < -0.39 is 78.2 Å². The SMILES string of the molecule is CCCC(NC(=O)C1CC(OCc2ccccc2)CN1C(=O)C(NC(=O)OCC(C)C)C(C)C)C(=O)C(=O)NCC(=O)NC(C(N)=O)C1CCCCC1. The van der Waals surface area contributed by atoms with Crippen molar-refractivity contribution in [3.63, 3.8) is 0 Å². The molecule has 6 N–H and O–H groups in total. The Bertz CT molecular complexity index is 1420. The highest BCUT2D eigenvalue weighted by molar-refractivity contribution is 6.38. The Hall–Kier alpha value is -4.53. The molecule has 2 fully saturated rings. The van der Waals surface area contributed by atoms with Crippen LogP contribution in [0.25, 0.3) is 0 Å². The van der Waals surface area contributed by atoms with Crippen LogP contribution < -0.4 is 27.0 Å². The Morgan fingerprint density at radius 2 is 1.60 bits per heavy atom.